The van der Waals surface area contributed by atoms with Crippen LogP contribution in [0.4, 0.5) is 14.6 Å². The van der Waals surface area contributed by atoms with Gasteiger partial charge < -0.3 is 25.4 Å². The first-order valence-corrected chi connectivity index (χ1v) is 13.0. The average Bonchev–Trinajstić information content (AvgIpc) is 3.41. The van der Waals surface area contributed by atoms with Crippen molar-refractivity contribution in [2.75, 3.05) is 24.3 Å². The van der Waals surface area contributed by atoms with Crippen molar-refractivity contribution in [3.8, 4) is 0 Å². The molecule has 10 nitrogen and oxygen atoms in total. The van der Waals surface area contributed by atoms with Gasteiger partial charge in [-0.25, -0.2) is 23.4 Å². The van der Waals surface area contributed by atoms with Crippen LogP contribution in [0.3, 0.4) is 0 Å². The Morgan fingerprint density at radius 1 is 1.17 bits per heavy atom. The highest BCUT2D eigenvalue weighted by atomic mass is 32.2. The van der Waals surface area contributed by atoms with Crippen LogP contribution in [0, 0.1) is 11.6 Å². The number of nitrogens with zero attached hydrogens (tertiary/aromatic N) is 5. The number of hydrogen-bond donors (Lipinski definition) is 4. The maximum Gasteiger partial charge on any atom is 0.191 e. The number of thioether (sulfide) groups is 1. The molecule has 2 saturated carbocycles. The Morgan fingerprint density at radius 3 is 2.75 bits per heavy atom. The molecule has 2 aliphatic rings. The zero-order valence-electron chi connectivity index (χ0n) is 19.6. The van der Waals surface area contributed by atoms with Crippen molar-refractivity contribution < 1.29 is 28.8 Å². The van der Waals surface area contributed by atoms with Crippen molar-refractivity contribution in [1.29, 1.82) is 0 Å². The fourth-order valence-corrected chi connectivity index (χ4v) is 5.31. The van der Waals surface area contributed by atoms with Gasteiger partial charge in [-0.05, 0) is 30.5 Å². The monoisotopic (exact) mass is 522 g/mol. The van der Waals surface area contributed by atoms with Crippen LogP contribution in [0.15, 0.2) is 23.4 Å². The van der Waals surface area contributed by atoms with Crippen LogP contribution in [0.5, 0.6) is 0 Å². The largest absolute Gasteiger partial charge is 0.394 e. The lowest BCUT2D eigenvalue weighted by Crippen LogP contribution is -2.33. The normalized spacial score (nSPS) is 27.6. The zero-order chi connectivity index (χ0) is 25.4. The summed E-state index contributed by atoms with van der Waals surface area (Å²) in [5, 5.41) is 42.5. The lowest BCUT2D eigenvalue weighted by Gasteiger charge is -2.17. The van der Waals surface area contributed by atoms with Gasteiger partial charge >= 0.3 is 0 Å². The number of anilines is 1. The summed E-state index contributed by atoms with van der Waals surface area (Å²) >= 11 is 1.48. The molecule has 2 heterocycles. The van der Waals surface area contributed by atoms with Gasteiger partial charge in [-0.2, -0.15) is 0 Å². The second-order valence-corrected chi connectivity index (χ2v) is 10.2. The second-order valence-electron chi connectivity index (χ2n) is 9.09. The van der Waals surface area contributed by atoms with Crippen molar-refractivity contribution in [2.24, 2.45) is 0 Å². The van der Waals surface area contributed by atoms with Crippen LogP contribution >= 0.6 is 11.8 Å². The van der Waals surface area contributed by atoms with Crippen molar-refractivity contribution in [1.82, 2.24) is 25.0 Å². The zero-order valence-corrected chi connectivity index (χ0v) is 20.4. The summed E-state index contributed by atoms with van der Waals surface area (Å²) in [5.41, 5.74) is 1.53. The summed E-state index contributed by atoms with van der Waals surface area (Å²) in [4.78, 5) is 9.27. The summed E-state index contributed by atoms with van der Waals surface area (Å²) in [6.45, 7) is 1.91. The minimum absolute atomic E-state index is 0.00291. The maximum absolute atomic E-state index is 13.7. The number of hydrogen-bond acceptors (Lipinski definition) is 10. The Morgan fingerprint density at radius 2 is 2.00 bits per heavy atom. The third-order valence-corrected chi connectivity index (χ3v) is 7.61. The van der Waals surface area contributed by atoms with Gasteiger partial charge in [0.1, 0.15) is 12.2 Å². The quantitative estimate of drug-likeness (QED) is 0.231. The molecular weight excluding hydrogens is 494 g/mol. The Kier molecular flexibility index (Phi) is 7.35. The Bertz CT molecular complexity index is 1230. The van der Waals surface area contributed by atoms with Gasteiger partial charge in [0, 0.05) is 24.1 Å². The van der Waals surface area contributed by atoms with Crippen LogP contribution in [-0.2, 0) is 4.74 Å². The smallest absolute Gasteiger partial charge is 0.191 e. The molecule has 2 aromatic heterocycles. The van der Waals surface area contributed by atoms with Gasteiger partial charge in [0.05, 0.1) is 25.4 Å². The SMILES string of the molecule is CCCSc1nc(N[C@H]2C[C@H]2c2ccc(F)c(F)c2)c2nnn([C@H]3C[C@@H](OCCO)[C@@H](O)[C@H]3O)c2n1. The van der Waals surface area contributed by atoms with Gasteiger partial charge in [-0.1, -0.05) is 30.0 Å². The molecule has 3 aromatic rings. The number of ether oxygens (including phenoxy) is 1. The van der Waals surface area contributed by atoms with E-state index in [1.54, 1.807) is 6.07 Å². The van der Waals surface area contributed by atoms with Crippen LogP contribution < -0.4 is 5.32 Å². The summed E-state index contributed by atoms with van der Waals surface area (Å²) in [6, 6.07) is 3.26. The molecule has 0 radical (unpaired) electrons. The predicted octanol–water partition coefficient (Wildman–Crippen LogP) is 2.01. The molecule has 13 heteroatoms. The Labute approximate surface area is 210 Å². The molecular formula is C23H28F2N6O4S. The van der Waals surface area contributed by atoms with Gasteiger partial charge in [0.25, 0.3) is 0 Å². The molecule has 5 rings (SSSR count). The molecule has 194 valence electrons. The number of rotatable bonds is 10. The van der Waals surface area contributed by atoms with Gasteiger partial charge in [-0.3, -0.25) is 0 Å². The summed E-state index contributed by atoms with van der Waals surface area (Å²) in [5.74, 6) is -0.472. The molecule has 0 aliphatic heterocycles. The highest BCUT2D eigenvalue weighted by Crippen LogP contribution is 2.44. The van der Waals surface area contributed by atoms with E-state index in [9.17, 15) is 19.0 Å². The van der Waals surface area contributed by atoms with E-state index in [-0.39, 0.29) is 31.6 Å². The molecule has 0 bridgehead atoms. The van der Waals surface area contributed by atoms with E-state index in [4.69, 9.17) is 9.84 Å². The molecule has 0 amide bonds. The van der Waals surface area contributed by atoms with E-state index >= 15 is 0 Å². The van der Waals surface area contributed by atoms with Gasteiger partial charge in [0.2, 0.25) is 0 Å². The third kappa shape index (κ3) is 4.90. The fourth-order valence-electron chi connectivity index (χ4n) is 4.61. The molecule has 36 heavy (non-hydrogen) atoms. The molecule has 2 fully saturated rings. The number of benzene rings is 1. The molecule has 0 unspecified atom stereocenters. The molecule has 4 N–H and O–H groups in total. The topological polar surface area (TPSA) is 138 Å². The molecule has 0 spiro atoms. The first-order valence-electron chi connectivity index (χ1n) is 12.0. The lowest BCUT2D eigenvalue weighted by atomic mass is 10.1. The van der Waals surface area contributed by atoms with Crippen molar-refractivity contribution in [3.63, 3.8) is 0 Å². The number of fused-ring (bicyclic) bond motifs is 1. The number of aliphatic hydroxyl groups excluding tert-OH is 3. The Hall–Kier alpha value is -2.45. The van der Waals surface area contributed by atoms with Crippen LogP contribution in [0.1, 0.15) is 43.7 Å². The first kappa shape index (κ1) is 25.2. The standard InChI is InChI=1S/C23H28F2N6O4S/c1-2-7-36-23-27-21(26-15-9-12(15)11-3-4-13(24)14(25)8-11)18-22(28-23)31(30-29-18)16-10-17(35-6-5-32)20(34)19(16)33/h3-4,8,12,15-17,19-20,32-34H,2,5-7,9-10H2,1H3,(H,26,27,28)/t12-,15-,16-,17+,19-,20+/m0/s1. The minimum Gasteiger partial charge on any atom is -0.394 e. The van der Waals surface area contributed by atoms with Crippen LogP contribution in [-0.4, -0.2) is 83.6 Å². The first-order chi connectivity index (χ1) is 17.4. The Balaban J connectivity index is 1.43. The van der Waals surface area contributed by atoms with Crippen molar-refractivity contribution >= 4 is 28.7 Å². The minimum atomic E-state index is -1.15. The van der Waals surface area contributed by atoms with Crippen molar-refractivity contribution in [2.45, 2.75) is 67.7 Å². The number of aliphatic hydroxyl groups is 3. The number of aromatic nitrogens is 5. The maximum atomic E-state index is 13.7. The highest BCUT2D eigenvalue weighted by molar-refractivity contribution is 7.99. The van der Waals surface area contributed by atoms with Crippen molar-refractivity contribution in [3.05, 3.63) is 35.4 Å². The summed E-state index contributed by atoms with van der Waals surface area (Å²) < 4.78 is 34.0. The van der Waals surface area contributed by atoms with Crippen LogP contribution in [0.2, 0.25) is 0 Å². The highest BCUT2D eigenvalue weighted by Gasteiger charge is 2.45. The molecule has 1 aromatic carbocycles. The molecule has 6 atom stereocenters. The lowest BCUT2D eigenvalue weighted by molar-refractivity contribution is -0.0629. The van der Waals surface area contributed by atoms with E-state index in [1.165, 1.54) is 22.5 Å². The molecule has 2 aliphatic carbocycles. The summed E-state index contributed by atoms with van der Waals surface area (Å²) in [7, 11) is 0. The number of nitrogens with one attached hydrogen (secondary N) is 1. The predicted molar refractivity (Wildman–Crippen MR) is 128 cm³/mol. The van der Waals surface area contributed by atoms with E-state index in [2.05, 4.69) is 32.5 Å². The van der Waals surface area contributed by atoms with E-state index in [0.717, 1.165) is 24.7 Å². The van der Waals surface area contributed by atoms with E-state index in [0.29, 0.717) is 27.7 Å². The third-order valence-electron chi connectivity index (χ3n) is 6.56. The van der Waals surface area contributed by atoms with Crippen LogP contribution in [0.25, 0.3) is 11.2 Å². The van der Waals surface area contributed by atoms with Gasteiger partial charge in [0.15, 0.2) is 33.8 Å². The number of halogens is 2. The second kappa shape index (κ2) is 10.5. The van der Waals surface area contributed by atoms with E-state index in [1.807, 2.05) is 0 Å². The van der Waals surface area contributed by atoms with Gasteiger partial charge in [-0.15, -0.1) is 5.10 Å². The summed E-state index contributed by atoms with van der Waals surface area (Å²) in [6.07, 6.45) is -1.04. The average molecular weight is 523 g/mol. The molecule has 0 saturated heterocycles. The fraction of sp³-hybridized carbons (Fsp3) is 0.565. The van der Waals surface area contributed by atoms with E-state index < -0.39 is 36.0 Å².